The number of anilines is 2. The molecule has 35 heavy (non-hydrogen) atoms. The van der Waals surface area contributed by atoms with Crippen LogP contribution in [0.15, 0.2) is 71.0 Å². The predicted molar refractivity (Wildman–Crippen MR) is 141 cm³/mol. The van der Waals surface area contributed by atoms with Crippen molar-refractivity contribution < 1.29 is 0 Å². The zero-order valence-electron chi connectivity index (χ0n) is 18.9. The molecule has 0 radical (unpaired) electrons. The van der Waals surface area contributed by atoms with Crippen LogP contribution in [0.2, 0.25) is 5.02 Å². The average molecular weight is 501 g/mol. The summed E-state index contributed by atoms with van der Waals surface area (Å²) < 4.78 is 1.33. The summed E-state index contributed by atoms with van der Waals surface area (Å²) >= 11 is 7.93. The van der Waals surface area contributed by atoms with Gasteiger partial charge in [-0.1, -0.05) is 35.9 Å². The molecule has 9 heteroatoms. The van der Waals surface area contributed by atoms with Crippen LogP contribution in [-0.4, -0.2) is 38.2 Å². The number of fused-ring (bicyclic) bond motifs is 2. The van der Waals surface area contributed by atoms with Gasteiger partial charge in [-0.2, -0.15) is 9.78 Å². The maximum Gasteiger partial charge on any atom is 0.282 e. The van der Waals surface area contributed by atoms with Gasteiger partial charge in [0.2, 0.25) is 5.95 Å². The minimum atomic E-state index is -0.322. The summed E-state index contributed by atoms with van der Waals surface area (Å²) in [6, 6.07) is 17.4. The molecule has 2 aromatic carbocycles. The minimum Gasteiger partial charge on any atom is -0.324 e. The van der Waals surface area contributed by atoms with E-state index in [0.29, 0.717) is 33.3 Å². The Bertz CT molecular complexity index is 1610. The van der Waals surface area contributed by atoms with E-state index in [0.717, 1.165) is 30.1 Å². The summed E-state index contributed by atoms with van der Waals surface area (Å²) in [6.45, 7) is 1.98. The molecule has 0 unspecified atom stereocenters. The lowest BCUT2D eigenvalue weighted by Crippen LogP contribution is -2.26. The van der Waals surface area contributed by atoms with Crippen LogP contribution in [0.5, 0.6) is 0 Å². The second kappa shape index (κ2) is 8.88. The molecule has 1 N–H and O–H groups in total. The van der Waals surface area contributed by atoms with Gasteiger partial charge >= 0.3 is 0 Å². The van der Waals surface area contributed by atoms with Crippen LogP contribution in [0, 0.1) is 0 Å². The highest BCUT2D eigenvalue weighted by molar-refractivity contribution is 7.13. The molecule has 0 bridgehead atoms. The number of nitrogens with zero attached hydrogens (tertiary/aromatic N) is 5. The number of halogens is 1. The highest BCUT2D eigenvalue weighted by Gasteiger charge is 2.19. The van der Waals surface area contributed by atoms with Gasteiger partial charge in [-0.05, 0) is 60.3 Å². The first-order valence-corrected chi connectivity index (χ1v) is 12.5. The van der Waals surface area contributed by atoms with E-state index in [1.165, 1.54) is 27.1 Å². The molecular formula is C26H21ClN6OS. The van der Waals surface area contributed by atoms with Crippen LogP contribution < -0.4 is 10.9 Å². The van der Waals surface area contributed by atoms with Crippen molar-refractivity contribution in [2.24, 2.45) is 0 Å². The van der Waals surface area contributed by atoms with Crippen molar-refractivity contribution >= 4 is 45.5 Å². The van der Waals surface area contributed by atoms with Gasteiger partial charge in [0.1, 0.15) is 11.2 Å². The van der Waals surface area contributed by atoms with Crippen molar-refractivity contribution in [1.82, 2.24) is 24.6 Å². The monoisotopic (exact) mass is 500 g/mol. The van der Waals surface area contributed by atoms with E-state index in [9.17, 15) is 4.79 Å². The second-order valence-electron chi connectivity index (χ2n) is 8.55. The second-order valence-corrected chi connectivity index (χ2v) is 9.90. The molecule has 1 aliphatic heterocycles. The molecule has 3 aromatic heterocycles. The van der Waals surface area contributed by atoms with E-state index >= 15 is 0 Å². The van der Waals surface area contributed by atoms with Crippen molar-refractivity contribution in [3.05, 3.63) is 92.7 Å². The van der Waals surface area contributed by atoms with E-state index in [1.807, 2.05) is 35.7 Å². The number of benzene rings is 2. The first-order valence-electron chi connectivity index (χ1n) is 11.2. The van der Waals surface area contributed by atoms with Gasteiger partial charge in [0, 0.05) is 25.0 Å². The summed E-state index contributed by atoms with van der Waals surface area (Å²) in [7, 11) is 2.13. The van der Waals surface area contributed by atoms with Gasteiger partial charge < -0.3 is 10.2 Å². The van der Waals surface area contributed by atoms with E-state index in [-0.39, 0.29) is 5.56 Å². The van der Waals surface area contributed by atoms with Crippen LogP contribution in [0.4, 0.5) is 11.6 Å². The Morgan fingerprint density at radius 1 is 1.09 bits per heavy atom. The Labute approximate surface area is 210 Å². The fourth-order valence-electron chi connectivity index (χ4n) is 4.36. The predicted octanol–water partition coefficient (Wildman–Crippen LogP) is 5.29. The average Bonchev–Trinajstić information content (AvgIpc) is 3.39. The summed E-state index contributed by atoms with van der Waals surface area (Å²) in [5.74, 6) is 0.413. The molecule has 0 amide bonds. The summed E-state index contributed by atoms with van der Waals surface area (Å²) in [5, 5.41) is 10.8. The standard InChI is InChI=1S/C26H21ClN6OS/c1-32-11-10-16-8-9-18(13-17(16)15-32)29-26-28-14-19-23(30-26)24(22-7-4-12-35-22)31-33(25(19)34)21-6-3-2-5-20(21)27/h2-9,12-14H,10-11,15H2,1H3,(H,28,29,30). The number of rotatable bonds is 4. The Morgan fingerprint density at radius 3 is 2.80 bits per heavy atom. The highest BCUT2D eigenvalue weighted by atomic mass is 35.5. The zero-order valence-corrected chi connectivity index (χ0v) is 20.5. The third-order valence-corrected chi connectivity index (χ3v) is 7.33. The Kier molecular flexibility index (Phi) is 5.56. The van der Waals surface area contributed by atoms with Gasteiger partial charge in [0.15, 0.2) is 0 Å². The Hall–Kier alpha value is -3.59. The lowest BCUT2D eigenvalue weighted by atomic mass is 9.99. The molecular weight excluding hydrogens is 480 g/mol. The lowest BCUT2D eigenvalue weighted by molar-refractivity contribution is 0.313. The highest BCUT2D eigenvalue weighted by Crippen LogP contribution is 2.30. The van der Waals surface area contributed by atoms with Gasteiger partial charge in [0.05, 0.1) is 21.0 Å². The van der Waals surface area contributed by atoms with Gasteiger partial charge in [-0.15, -0.1) is 11.3 Å². The SMILES string of the molecule is CN1CCc2ccc(Nc3ncc4c(=O)n(-c5ccccc5Cl)nc(-c5cccs5)c4n3)cc2C1. The largest absolute Gasteiger partial charge is 0.324 e. The van der Waals surface area contributed by atoms with E-state index in [4.69, 9.17) is 21.7 Å². The van der Waals surface area contributed by atoms with Crippen LogP contribution in [0.3, 0.4) is 0 Å². The molecule has 0 aliphatic carbocycles. The summed E-state index contributed by atoms with van der Waals surface area (Å²) in [6.07, 6.45) is 2.61. The van der Waals surface area contributed by atoms with Gasteiger partial charge in [-0.25, -0.2) is 9.97 Å². The molecule has 174 valence electrons. The molecule has 5 aromatic rings. The van der Waals surface area contributed by atoms with Crippen LogP contribution >= 0.6 is 22.9 Å². The number of thiophene rings is 1. The smallest absolute Gasteiger partial charge is 0.282 e. The third kappa shape index (κ3) is 4.10. The topological polar surface area (TPSA) is 75.9 Å². The number of nitrogens with one attached hydrogen (secondary N) is 1. The van der Waals surface area contributed by atoms with Crippen LogP contribution in [0.25, 0.3) is 27.2 Å². The maximum atomic E-state index is 13.4. The Balaban J connectivity index is 1.47. The molecule has 0 atom stereocenters. The summed E-state index contributed by atoms with van der Waals surface area (Å²) in [5.41, 5.74) is 4.87. The third-order valence-electron chi connectivity index (χ3n) is 6.14. The quantitative estimate of drug-likeness (QED) is 0.361. The number of likely N-dealkylation sites (N-methyl/N-ethyl adjacent to an activating group) is 1. The Morgan fingerprint density at radius 2 is 1.97 bits per heavy atom. The van der Waals surface area contributed by atoms with E-state index in [2.05, 4.69) is 34.4 Å². The molecule has 0 spiro atoms. The first kappa shape index (κ1) is 21.9. The fourth-order valence-corrected chi connectivity index (χ4v) is 5.28. The normalized spacial score (nSPS) is 13.7. The van der Waals surface area contributed by atoms with E-state index in [1.54, 1.807) is 18.3 Å². The fraction of sp³-hybridized carbons (Fsp3) is 0.154. The number of aromatic nitrogens is 4. The van der Waals surface area contributed by atoms with Crippen molar-refractivity contribution in [2.45, 2.75) is 13.0 Å². The first-order chi connectivity index (χ1) is 17.1. The molecule has 4 heterocycles. The lowest BCUT2D eigenvalue weighted by Gasteiger charge is -2.25. The van der Waals surface area contributed by atoms with Crippen molar-refractivity contribution in [3.63, 3.8) is 0 Å². The van der Waals surface area contributed by atoms with Crippen molar-refractivity contribution in [3.8, 4) is 16.3 Å². The zero-order chi connectivity index (χ0) is 23.9. The maximum absolute atomic E-state index is 13.4. The van der Waals surface area contributed by atoms with Crippen molar-refractivity contribution in [1.29, 1.82) is 0 Å². The number of hydrogen-bond acceptors (Lipinski definition) is 7. The van der Waals surface area contributed by atoms with E-state index < -0.39 is 0 Å². The molecule has 6 rings (SSSR count). The van der Waals surface area contributed by atoms with Crippen molar-refractivity contribution in [2.75, 3.05) is 18.9 Å². The minimum absolute atomic E-state index is 0.322. The molecule has 1 aliphatic rings. The molecule has 0 saturated carbocycles. The van der Waals surface area contributed by atoms with Gasteiger partial charge in [-0.3, -0.25) is 4.79 Å². The molecule has 7 nitrogen and oxygen atoms in total. The van der Waals surface area contributed by atoms with Crippen LogP contribution in [-0.2, 0) is 13.0 Å². The molecule has 0 fully saturated rings. The van der Waals surface area contributed by atoms with Crippen LogP contribution in [0.1, 0.15) is 11.1 Å². The number of hydrogen-bond donors (Lipinski definition) is 1. The van der Waals surface area contributed by atoms with Gasteiger partial charge in [0.25, 0.3) is 5.56 Å². The summed E-state index contributed by atoms with van der Waals surface area (Å²) in [4.78, 5) is 25.8. The number of para-hydroxylation sites is 1. The molecule has 0 saturated heterocycles.